The zero-order valence-electron chi connectivity index (χ0n) is 10.9. The van der Waals surface area contributed by atoms with Gasteiger partial charge < -0.3 is 10.2 Å². The molecule has 0 aromatic heterocycles. The van der Waals surface area contributed by atoms with E-state index in [1.54, 1.807) is 0 Å². The highest BCUT2D eigenvalue weighted by molar-refractivity contribution is 5.98. The Morgan fingerprint density at radius 3 is 2.89 bits per heavy atom. The van der Waals surface area contributed by atoms with Crippen molar-refractivity contribution < 1.29 is 15.0 Å². The van der Waals surface area contributed by atoms with Gasteiger partial charge in [0.25, 0.3) is 5.91 Å². The average molecular weight is 262 g/mol. The Morgan fingerprint density at radius 2 is 2.16 bits per heavy atom. The Morgan fingerprint density at radius 1 is 1.37 bits per heavy atom. The van der Waals surface area contributed by atoms with E-state index >= 15 is 0 Å². The monoisotopic (exact) mass is 262 g/mol. The fraction of sp³-hybridized carbons (Fsp3) is 0.429. The molecule has 1 aromatic carbocycles. The number of phenols is 2. The third kappa shape index (κ3) is 3.24. The van der Waals surface area contributed by atoms with E-state index in [9.17, 15) is 15.0 Å². The van der Waals surface area contributed by atoms with Crippen molar-refractivity contribution >= 4 is 11.6 Å². The average Bonchev–Trinajstić information content (AvgIpc) is 2.40. The summed E-state index contributed by atoms with van der Waals surface area (Å²) in [4.78, 5) is 11.9. The first kappa shape index (κ1) is 13.4. The maximum Gasteiger partial charge on any atom is 0.275 e. The highest BCUT2D eigenvalue weighted by Gasteiger charge is 2.17. The molecule has 5 heteroatoms. The third-order valence-corrected chi connectivity index (χ3v) is 3.41. The van der Waals surface area contributed by atoms with Crippen molar-refractivity contribution in [1.29, 1.82) is 0 Å². The van der Waals surface area contributed by atoms with Gasteiger partial charge in [-0.2, -0.15) is 5.10 Å². The van der Waals surface area contributed by atoms with Gasteiger partial charge >= 0.3 is 0 Å². The molecule has 102 valence electrons. The first-order valence-corrected chi connectivity index (χ1v) is 6.46. The van der Waals surface area contributed by atoms with Crippen LogP contribution in [0.3, 0.4) is 0 Å². The van der Waals surface area contributed by atoms with E-state index in [1.165, 1.54) is 24.6 Å². The fourth-order valence-corrected chi connectivity index (χ4v) is 2.22. The second-order valence-electron chi connectivity index (χ2n) is 4.89. The van der Waals surface area contributed by atoms with Crippen LogP contribution in [-0.4, -0.2) is 21.8 Å². The molecule has 1 aromatic rings. The van der Waals surface area contributed by atoms with E-state index in [1.807, 2.05) is 0 Å². The number of aromatic hydroxyl groups is 2. The van der Waals surface area contributed by atoms with Gasteiger partial charge in [-0.15, -0.1) is 0 Å². The van der Waals surface area contributed by atoms with Gasteiger partial charge in [-0.1, -0.05) is 13.3 Å². The molecule has 1 aliphatic rings. The molecule has 1 fully saturated rings. The molecule has 0 unspecified atom stereocenters. The molecule has 0 radical (unpaired) electrons. The largest absolute Gasteiger partial charge is 0.508 e. The van der Waals surface area contributed by atoms with Gasteiger partial charge in [-0.3, -0.25) is 4.79 Å². The molecule has 0 saturated heterocycles. The van der Waals surface area contributed by atoms with Crippen molar-refractivity contribution in [3.8, 4) is 11.5 Å². The van der Waals surface area contributed by atoms with Gasteiger partial charge in [-0.25, -0.2) is 5.43 Å². The normalized spacial score (nSPS) is 21.3. The fourth-order valence-electron chi connectivity index (χ4n) is 2.22. The van der Waals surface area contributed by atoms with Gasteiger partial charge in [0.05, 0.1) is 5.56 Å². The van der Waals surface area contributed by atoms with E-state index in [0.717, 1.165) is 25.0 Å². The van der Waals surface area contributed by atoms with Crippen molar-refractivity contribution in [1.82, 2.24) is 5.43 Å². The van der Waals surface area contributed by atoms with Gasteiger partial charge in [0.15, 0.2) is 0 Å². The summed E-state index contributed by atoms with van der Waals surface area (Å²) >= 11 is 0. The summed E-state index contributed by atoms with van der Waals surface area (Å²) in [5, 5.41) is 23.0. The van der Waals surface area contributed by atoms with Crippen LogP contribution in [0.25, 0.3) is 0 Å². The highest BCUT2D eigenvalue weighted by atomic mass is 16.3. The lowest BCUT2D eigenvalue weighted by molar-refractivity contribution is 0.0951. The summed E-state index contributed by atoms with van der Waals surface area (Å²) in [7, 11) is 0. The lowest BCUT2D eigenvalue weighted by atomic mass is 9.89. The molecule has 0 heterocycles. The smallest absolute Gasteiger partial charge is 0.275 e. The summed E-state index contributed by atoms with van der Waals surface area (Å²) in [6.07, 6.45) is 4.28. The molecule has 0 spiro atoms. The molecule has 1 atom stereocenters. The van der Waals surface area contributed by atoms with E-state index in [-0.39, 0.29) is 17.1 Å². The zero-order chi connectivity index (χ0) is 13.8. The minimum absolute atomic E-state index is 0.0211. The molecule has 3 N–H and O–H groups in total. The molecular formula is C14H18N2O3. The molecule has 0 bridgehead atoms. The van der Waals surface area contributed by atoms with Crippen LogP contribution in [0.1, 0.15) is 43.0 Å². The van der Waals surface area contributed by atoms with Gasteiger partial charge in [0.2, 0.25) is 0 Å². The van der Waals surface area contributed by atoms with Crippen LogP contribution in [0.5, 0.6) is 11.5 Å². The zero-order valence-corrected chi connectivity index (χ0v) is 10.9. The number of hydrogen-bond acceptors (Lipinski definition) is 4. The molecule has 1 amide bonds. The molecule has 1 aliphatic carbocycles. The highest BCUT2D eigenvalue weighted by Crippen LogP contribution is 2.23. The lowest BCUT2D eigenvalue weighted by Gasteiger charge is -2.19. The summed E-state index contributed by atoms with van der Waals surface area (Å²) in [5.74, 6) is -0.376. The van der Waals surface area contributed by atoms with Crippen LogP contribution in [0.2, 0.25) is 0 Å². The van der Waals surface area contributed by atoms with Crippen LogP contribution < -0.4 is 5.43 Å². The van der Waals surface area contributed by atoms with Crippen molar-refractivity contribution in [2.24, 2.45) is 11.0 Å². The van der Waals surface area contributed by atoms with E-state index in [4.69, 9.17) is 0 Å². The number of nitrogens with zero attached hydrogens (tertiary/aromatic N) is 1. The standard InChI is InChI=1S/C14H18N2O3/c1-9-4-2-3-5-12(9)15-16-14(19)11-8-10(17)6-7-13(11)18/h6-9,17-18H,2-5H2,1H3,(H,16,19)/b15-12+/t9-/m0/s1. The number of carbonyl (C=O) groups is 1. The predicted molar refractivity (Wildman–Crippen MR) is 72.3 cm³/mol. The maximum atomic E-state index is 11.9. The van der Waals surface area contributed by atoms with Crippen LogP contribution in [0.15, 0.2) is 23.3 Å². The van der Waals surface area contributed by atoms with E-state index in [0.29, 0.717) is 5.92 Å². The number of amides is 1. The van der Waals surface area contributed by atoms with Gasteiger partial charge in [0.1, 0.15) is 11.5 Å². The molecule has 2 rings (SSSR count). The van der Waals surface area contributed by atoms with E-state index < -0.39 is 5.91 Å². The first-order valence-electron chi connectivity index (χ1n) is 6.46. The molecule has 1 saturated carbocycles. The minimum Gasteiger partial charge on any atom is -0.508 e. The number of benzene rings is 1. The van der Waals surface area contributed by atoms with Gasteiger partial charge in [-0.05, 0) is 43.4 Å². The molecular weight excluding hydrogens is 244 g/mol. The number of carbonyl (C=O) groups excluding carboxylic acids is 1. The molecule has 0 aliphatic heterocycles. The lowest BCUT2D eigenvalue weighted by Crippen LogP contribution is -2.24. The summed E-state index contributed by atoms with van der Waals surface area (Å²) in [6, 6.07) is 3.82. The quantitative estimate of drug-likeness (QED) is 0.565. The van der Waals surface area contributed by atoms with Crippen LogP contribution in [-0.2, 0) is 0 Å². The first-order chi connectivity index (χ1) is 9.08. The second kappa shape index (κ2) is 5.73. The third-order valence-electron chi connectivity index (χ3n) is 3.41. The van der Waals surface area contributed by atoms with Crippen molar-refractivity contribution in [3.63, 3.8) is 0 Å². The number of rotatable bonds is 2. The summed E-state index contributed by atoms with van der Waals surface area (Å²) in [6.45, 7) is 2.09. The Balaban J connectivity index is 2.08. The van der Waals surface area contributed by atoms with E-state index in [2.05, 4.69) is 17.5 Å². The maximum absolute atomic E-state index is 11.9. The van der Waals surface area contributed by atoms with Crippen LogP contribution >= 0.6 is 0 Å². The molecule has 19 heavy (non-hydrogen) atoms. The predicted octanol–water partition coefficient (Wildman–Crippen LogP) is 2.39. The Hall–Kier alpha value is -2.04. The Kier molecular flexibility index (Phi) is 4.04. The number of hydrogen-bond donors (Lipinski definition) is 3. The van der Waals surface area contributed by atoms with Gasteiger partial charge in [0, 0.05) is 5.71 Å². The molecule has 5 nitrogen and oxygen atoms in total. The number of phenolic OH excluding ortho intramolecular Hbond substituents is 2. The minimum atomic E-state index is -0.515. The topological polar surface area (TPSA) is 81.9 Å². The number of hydrazone groups is 1. The van der Waals surface area contributed by atoms with Crippen molar-refractivity contribution in [2.75, 3.05) is 0 Å². The van der Waals surface area contributed by atoms with Crippen LogP contribution in [0.4, 0.5) is 0 Å². The SMILES string of the molecule is C[C@H]1CCCC/C1=N\NC(=O)c1cc(O)ccc1O. The number of nitrogens with one attached hydrogen (secondary N) is 1. The van der Waals surface area contributed by atoms with Crippen molar-refractivity contribution in [2.45, 2.75) is 32.6 Å². The summed E-state index contributed by atoms with van der Waals surface area (Å²) < 4.78 is 0. The van der Waals surface area contributed by atoms with Crippen LogP contribution in [0, 0.1) is 5.92 Å². The Bertz CT molecular complexity index is 511. The Labute approximate surface area is 112 Å². The van der Waals surface area contributed by atoms with Crippen molar-refractivity contribution in [3.05, 3.63) is 23.8 Å². The second-order valence-corrected chi connectivity index (χ2v) is 4.89. The summed E-state index contributed by atoms with van der Waals surface area (Å²) in [5.41, 5.74) is 3.45.